The largest absolute Gasteiger partial charge is 0.459 e. The lowest BCUT2D eigenvalue weighted by atomic mass is 9.85. The summed E-state index contributed by atoms with van der Waals surface area (Å²) in [6.07, 6.45) is 6.37. The maximum Gasteiger partial charge on any atom is 0.308 e. The van der Waals surface area contributed by atoms with Crippen molar-refractivity contribution in [2.45, 2.75) is 26.4 Å². The summed E-state index contributed by atoms with van der Waals surface area (Å²) < 4.78 is 5.81. The van der Waals surface area contributed by atoms with Gasteiger partial charge in [-0.3, -0.25) is 24.2 Å². The lowest BCUT2D eigenvalue weighted by Crippen LogP contribution is -2.52. The number of carbonyl (C=O) groups excluding carboxylic acids is 3. The van der Waals surface area contributed by atoms with Crippen molar-refractivity contribution in [1.29, 1.82) is 0 Å². The number of allylic oxidation sites excluding steroid dienone is 2. The lowest BCUT2D eigenvalue weighted by Gasteiger charge is -2.37. The zero-order valence-electron chi connectivity index (χ0n) is 19.3. The van der Waals surface area contributed by atoms with E-state index < -0.39 is 6.10 Å². The molecular weight excluding hydrogens is 420 g/mol. The quantitative estimate of drug-likeness (QED) is 0.353. The van der Waals surface area contributed by atoms with Crippen molar-refractivity contribution in [2.24, 2.45) is 29.6 Å². The van der Waals surface area contributed by atoms with Crippen LogP contribution in [0.1, 0.15) is 20.3 Å². The molecule has 3 fully saturated rings. The third kappa shape index (κ3) is 4.16. The molecule has 2 saturated heterocycles. The first-order chi connectivity index (χ1) is 15.9. The topological polar surface area (TPSA) is 83.1 Å². The number of ether oxygens (including phenoxy) is 1. The number of nitrogens with zero attached hydrogens (tertiary/aromatic N) is 4. The van der Waals surface area contributed by atoms with Crippen LogP contribution in [0.15, 0.2) is 36.5 Å². The summed E-state index contributed by atoms with van der Waals surface area (Å²) >= 11 is 0. The van der Waals surface area contributed by atoms with Crippen LogP contribution in [-0.2, 0) is 19.1 Å². The average Bonchev–Trinajstić information content (AvgIpc) is 3.50. The molecular formula is C25H32N4O4. The number of fused-ring (bicyclic) bond motifs is 5. The highest BCUT2D eigenvalue weighted by atomic mass is 16.5. The molecule has 176 valence electrons. The first-order valence-corrected chi connectivity index (χ1v) is 12.0. The second-order valence-electron chi connectivity index (χ2n) is 9.98. The average molecular weight is 453 g/mol. The molecule has 33 heavy (non-hydrogen) atoms. The highest BCUT2D eigenvalue weighted by molar-refractivity contribution is 6.06. The molecule has 4 aliphatic rings. The summed E-state index contributed by atoms with van der Waals surface area (Å²) in [4.78, 5) is 49.0. The SMILES string of the molecule is CC(C)C(=O)OC(CN1CCN(c2ccccn2)CC1)CN1C(=O)C2C3C=C[C@@H](C3)[C@@H]2C1=O. The summed E-state index contributed by atoms with van der Waals surface area (Å²) in [5, 5.41) is 0. The van der Waals surface area contributed by atoms with Gasteiger partial charge in [0.1, 0.15) is 11.9 Å². The number of amides is 2. The van der Waals surface area contributed by atoms with Crippen LogP contribution in [-0.4, -0.2) is 77.9 Å². The highest BCUT2D eigenvalue weighted by Crippen LogP contribution is 2.52. The predicted molar refractivity (Wildman–Crippen MR) is 122 cm³/mol. The van der Waals surface area contributed by atoms with Gasteiger partial charge in [-0.05, 0) is 30.4 Å². The molecule has 2 bridgehead atoms. The zero-order chi connectivity index (χ0) is 23.1. The number of esters is 1. The van der Waals surface area contributed by atoms with Crippen molar-refractivity contribution in [3.63, 3.8) is 0 Å². The van der Waals surface area contributed by atoms with Gasteiger partial charge >= 0.3 is 5.97 Å². The number of hydrogen-bond acceptors (Lipinski definition) is 7. The first-order valence-electron chi connectivity index (χ1n) is 12.0. The van der Waals surface area contributed by atoms with E-state index in [1.807, 2.05) is 18.2 Å². The van der Waals surface area contributed by atoms with Gasteiger partial charge in [0.05, 0.1) is 24.3 Å². The second kappa shape index (κ2) is 8.89. The van der Waals surface area contributed by atoms with Gasteiger partial charge in [0.25, 0.3) is 0 Å². The molecule has 0 aromatic carbocycles. The van der Waals surface area contributed by atoms with Crippen LogP contribution >= 0.6 is 0 Å². The Morgan fingerprint density at radius 1 is 1.03 bits per heavy atom. The number of anilines is 1. The fourth-order valence-corrected chi connectivity index (χ4v) is 5.77. The number of hydrogen-bond donors (Lipinski definition) is 0. The highest BCUT2D eigenvalue weighted by Gasteiger charge is 2.59. The number of piperazine rings is 1. The molecule has 8 heteroatoms. The summed E-state index contributed by atoms with van der Waals surface area (Å²) in [6, 6.07) is 5.90. The molecule has 0 N–H and O–H groups in total. The smallest absolute Gasteiger partial charge is 0.308 e. The van der Waals surface area contributed by atoms with Crippen molar-refractivity contribution >= 4 is 23.6 Å². The van der Waals surface area contributed by atoms with Crippen LogP contribution in [0.2, 0.25) is 0 Å². The number of likely N-dealkylation sites (tertiary alicyclic amines) is 1. The van der Waals surface area contributed by atoms with Gasteiger partial charge < -0.3 is 9.64 Å². The normalized spacial score (nSPS) is 29.8. The first kappa shape index (κ1) is 22.1. The third-order valence-corrected chi connectivity index (χ3v) is 7.51. The molecule has 5 rings (SSSR count). The van der Waals surface area contributed by atoms with Gasteiger partial charge in [-0.25, -0.2) is 4.98 Å². The lowest BCUT2D eigenvalue weighted by molar-refractivity contribution is -0.158. The molecule has 1 aromatic heterocycles. The Balaban J connectivity index is 1.24. The number of carbonyl (C=O) groups is 3. The van der Waals surface area contributed by atoms with Gasteiger partial charge in [0, 0.05) is 38.9 Å². The molecule has 0 spiro atoms. The van der Waals surface area contributed by atoms with Crippen LogP contribution < -0.4 is 4.90 Å². The van der Waals surface area contributed by atoms with Gasteiger partial charge in [-0.1, -0.05) is 32.1 Å². The van der Waals surface area contributed by atoms with E-state index in [1.165, 1.54) is 4.90 Å². The number of imide groups is 1. The van der Waals surface area contributed by atoms with E-state index >= 15 is 0 Å². The number of pyridine rings is 1. The van der Waals surface area contributed by atoms with Crippen molar-refractivity contribution in [1.82, 2.24) is 14.8 Å². The Hall–Kier alpha value is -2.74. The summed E-state index contributed by atoms with van der Waals surface area (Å²) in [7, 11) is 0. The van der Waals surface area contributed by atoms with Crippen molar-refractivity contribution in [2.75, 3.05) is 44.2 Å². The van der Waals surface area contributed by atoms with Crippen molar-refractivity contribution < 1.29 is 19.1 Å². The van der Waals surface area contributed by atoms with E-state index in [0.29, 0.717) is 6.54 Å². The van der Waals surface area contributed by atoms with Gasteiger partial charge in [0.2, 0.25) is 11.8 Å². The molecule has 2 aliphatic carbocycles. The van der Waals surface area contributed by atoms with Gasteiger partial charge in [0.15, 0.2) is 0 Å². The van der Waals surface area contributed by atoms with Crippen LogP contribution in [0.3, 0.4) is 0 Å². The summed E-state index contributed by atoms with van der Waals surface area (Å²) in [5.74, 6) is 0.121. The second-order valence-corrected chi connectivity index (χ2v) is 9.98. The Bertz CT molecular complexity index is 911. The Morgan fingerprint density at radius 3 is 2.27 bits per heavy atom. The van der Waals surface area contributed by atoms with Crippen molar-refractivity contribution in [3.8, 4) is 0 Å². The number of rotatable bonds is 7. The van der Waals surface area contributed by atoms with Gasteiger partial charge in [-0.15, -0.1) is 0 Å². The van der Waals surface area contributed by atoms with Crippen LogP contribution in [0.4, 0.5) is 5.82 Å². The third-order valence-electron chi connectivity index (χ3n) is 7.51. The van der Waals surface area contributed by atoms with E-state index in [4.69, 9.17) is 4.74 Å². The van der Waals surface area contributed by atoms with Crippen LogP contribution in [0.25, 0.3) is 0 Å². The van der Waals surface area contributed by atoms with E-state index in [0.717, 1.165) is 38.4 Å². The fourth-order valence-electron chi connectivity index (χ4n) is 5.77. The minimum Gasteiger partial charge on any atom is -0.459 e. The summed E-state index contributed by atoms with van der Waals surface area (Å²) in [6.45, 7) is 7.48. The van der Waals surface area contributed by atoms with E-state index in [-0.39, 0.29) is 53.9 Å². The number of aromatic nitrogens is 1. The zero-order valence-corrected chi connectivity index (χ0v) is 19.3. The molecule has 3 heterocycles. The van der Waals surface area contributed by atoms with E-state index in [1.54, 1.807) is 20.0 Å². The van der Waals surface area contributed by atoms with Crippen LogP contribution in [0, 0.1) is 29.6 Å². The Labute approximate surface area is 194 Å². The Kier molecular flexibility index (Phi) is 5.95. The monoisotopic (exact) mass is 452 g/mol. The minimum atomic E-state index is -0.529. The molecule has 3 unspecified atom stereocenters. The summed E-state index contributed by atoms with van der Waals surface area (Å²) in [5.41, 5.74) is 0. The molecule has 5 atom stereocenters. The van der Waals surface area contributed by atoms with Crippen LogP contribution in [0.5, 0.6) is 0 Å². The Morgan fingerprint density at radius 2 is 1.70 bits per heavy atom. The van der Waals surface area contributed by atoms with Gasteiger partial charge in [-0.2, -0.15) is 0 Å². The van der Waals surface area contributed by atoms with E-state index in [9.17, 15) is 14.4 Å². The molecule has 2 aliphatic heterocycles. The maximum absolute atomic E-state index is 13.1. The fraction of sp³-hybridized carbons (Fsp3) is 0.600. The maximum atomic E-state index is 13.1. The molecule has 1 saturated carbocycles. The predicted octanol–water partition coefficient (Wildman–Crippen LogP) is 1.58. The van der Waals surface area contributed by atoms with E-state index in [2.05, 4.69) is 26.9 Å². The molecule has 8 nitrogen and oxygen atoms in total. The molecule has 0 radical (unpaired) electrons. The molecule has 1 aromatic rings. The standard InChI is InChI=1S/C25H32N4O4/c1-16(2)25(32)33-19(14-27-9-11-28(12-10-27)20-5-3-4-8-26-20)15-29-23(30)21-17-6-7-18(13-17)22(21)24(29)31/h3-8,16-19,21-22H,9-15H2,1-2H3/t17-,18?,19?,21-,22?/m0/s1. The molecule has 2 amide bonds. The minimum absolute atomic E-state index is 0.0904. The van der Waals surface area contributed by atoms with Crippen molar-refractivity contribution in [3.05, 3.63) is 36.5 Å².